The molecule has 0 bridgehead atoms. The van der Waals surface area contributed by atoms with Gasteiger partial charge in [0.05, 0.1) is 16.8 Å². The third-order valence-electron chi connectivity index (χ3n) is 7.89. The second-order valence-electron chi connectivity index (χ2n) is 11.6. The maximum Gasteiger partial charge on any atom is 0.329 e. The molecule has 0 aliphatic carbocycles. The van der Waals surface area contributed by atoms with Crippen LogP contribution in [-0.4, -0.2) is 37.6 Å². The van der Waals surface area contributed by atoms with Crippen molar-refractivity contribution in [3.05, 3.63) is 63.4 Å². The second kappa shape index (κ2) is 9.84. The third kappa shape index (κ3) is 4.54. The Labute approximate surface area is 227 Å². The Morgan fingerprint density at radius 3 is 2.62 bits per heavy atom. The number of carbonyl (C=O) groups excluding carboxylic acids is 2. The lowest BCUT2D eigenvalue weighted by Crippen LogP contribution is -2.54. The minimum Gasteiger partial charge on any atom is -0.334 e. The van der Waals surface area contributed by atoms with Gasteiger partial charge < -0.3 is 16.0 Å². The minimum atomic E-state index is -1.20. The summed E-state index contributed by atoms with van der Waals surface area (Å²) in [5, 5.41) is 10.2. The number of hydrogen-bond acceptors (Lipinski definition) is 4. The first-order chi connectivity index (χ1) is 17.5. The highest BCUT2D eigenvalue weighted by Gasteiger charge is 2.65. The number of carbonyl (C=O) groups is 2. The molecule has 3 N–H and O–H groups in total. The van der Waals surface area contributed by atoms with Crippen LogP contribution in [0.1, 0.15) is 57.2 Å². The SMILES string of the molecule is CC(C)(C)C[C@@H]1CN[C@H](c2cccc(Cl)c2F)[C@]12C(=O)N(C(=O)NC1CCNCC1)c1cc(Cl)ccc12. The van der Waals surface area contributed by atoms with Crippen LogP contribution in [0.25, 0.3) is 0 Å². The number of nitrogens with zero attached hydrogens (tertiary/aromatic N) is 1. The Balaban J connectivity index is 1.67. The van der Waals surface area contributed by atoms with Gasteiger partial charge in [0, 0.05) is 23.2 Å². The second-order valence-corrected chi connectivity index (χ2v) is 12.4. The zero-order valence-electron chi connectivity index (χ0n) is 21.3. The van der Waals surface area contributed by atoms with Crippen LogP contribution in [0.2, 0.25) is 10.0 Å². The number of rotatable bonds is 3. The molecular weight excluding hydrogens is 514 g/mol. The minimum absolute atomic E-state index is 0.00370. The third-order valence-corrected chi connectivity index (χ3v) is 8.42. The van der Waals surface area contributed by atoms with Crippen LogP contribution in [0.15, 0.2) is 36.4 Å². The summed E-state index contributed by atoms with van der Waals surface area (Å²) >= 11 is 12.6. The van der Waals surface area contributed by atoms with E-state index in [0.717, 1.165) is 25.9 Å². The Morgan fingerprint density at radius 1 is 1.19 bits per heavy atom. The fraction of sp³-hybridized carbons (Fsp3) is 0.500. The maximum atomic E-state index is 15.5. The predicted molar refractivity (Wildman–Crippen MR) is 145 cm³/mol. The molecule has 5 rings (SSSR count). The number of hydrogen-bond donors (Lipinski definition) is 3. The first kappa shape index (κ1) is 26.4. The number of piperidine rings is 1. The standard InChI is InChI=1S/C28H33Cl2FN4O2/c1-27(2,3)14-16-15-33-24(19-5-4-6-21(30)23(19)31)28(16)20-8-7-17(29)13-22(20)35(25(28)36)26(37)34-18-9-11-32-12-10-18/h4-8,13,16,18,24,32-33H,9-12,14-15H2,1-3H3,(H,34,37)/t16-,24-,28+/m1/s1. The lowest BCUT2D eigenvalue weighted by Gasteiger charge is -2.38. The molecule has 3 aliphatic heterocycles. The maximum absolute atomic E-state index is 15.5. The molecule has 198 valence electrons. The molecule has 3 amide bonds. The number of amides is 3. The van der Waals surface area contributed by atoms with Gasteiger partial charge in [0.25, 0.3) is 0 Å². The summed E-state index contributed by atoms with van der Waals surface area (Å²) in [5.41, 5.74) is 0.145. The van der Waals surface area contributed by atoms with Gasteiger partial charge in [0.15, 0.2) is 0 Å². The molecule has 0 saturated carbocycles. The molecule has 6 nitrogen and oxygen atoms in total. The molecule has 0 aromatic heterocycles. The van der Waals surface area contributed by atoms with Crippen LogP contribution in [0.4, 0.5) is 14.9 Å². The molecule has 2 saturated heterocycles. The summed E-state index contributed by atoms with van der Waals surface area (Å²) in [7, 11) is 0. The highest BCUT2D eigenvalue weighted by atomic mass is 35.5. The monoisotopic (exact) mass is 546 g/mol. The predicted octanol–water partition coefficient (Wildman–Crippen LogP) is 5.58. The first-order valence-corrected chi connectivity index (χ1v) is 13.6. The molecular formula is C28H33Cl2FN4O2. The number of anilines is 1. The van der Waals surface area contributed by atoms with E-state index in [4.69, 9.17) is 23.2 Å². The number of benzene rings is 2. The van der Waals surface area contributed by atoms with Crippen LogP contribution in [0.3, 0.4) is 0 Å². The Kier molecular flexibility index (Phi) is 7.03. The van der Waals surface area contributed by atoms with Gasteiger partial charge >= 0.3 is 6.03 Å². The molecule has 3 heterocycles. The smallest absolute Gasteiger partial charge is 0.329 e. The van der Waals surface area contributed by atoms with E-state index in [9.17, 15) is 9.59 Å². The molecule has 2 fully saturated rings. The van der Waals surface area contributed by atoms with E-state index >= 15 is 4.39 Å². The highest BCUT2D eigenvalue weighted by Crippen LogP contribution is 2.58. The number of imide groups is 1. The zero-order chi connectivity index (χ0) is 26.5. The van der Waals surface area contributed by atoms with E-state index in [1.807, 2.05) is 6.07 Å². The van der Waals surface area contributed by atoms with Crippen molar-refractivity contribution in [2.75, 3.05) is 24.5 Å². The Hall–Kier alpha value is -2.19. The summed E-state index contributed by atoms with van der Waals surface area (Å²) in [6, 6.07) is 8.88. The van der Waals surface area contributed by atoms with E-state index < -0.39 is 23.3 Å². The Bertz CT molecular complexity index is 1230. The van der Waals surface area contributed by atoms with Gasteiger partial charge in [0.1, 0.15) is 11.2 Å². The lowest BCUT2D eigenvalue weighted by molar-refractivity contribution is -0.124. The van der Waals surface area contributed by atoms with Crippen molar-refractivity contribution in [2.24, 2.45) is 11.3 Å². The molecule has 3 atom stereocenters. The van der Waals surface area contributed by atoms with Crippen molar-refractivity contribution in [1.29, 1.82) is 0 Å². The largest absolute Gasteiger partial charge is 0.334 e. The van der Waals surface area contributed by atoms with Gasteiger partial charge in [-0.2, -0.15) is 0 Å². The van der Waals surface area contributed by atoms with E-state index in [2.05, 4.69) is 36.7 Å². The summed E-state index contributed by atoms with van der Waals surface area (Å²) in [6.07, 6.45) is 2.26. The lowest BCUT2D eigenvalue weighted by atomic mass is 9.63. The quantitative estimate of drug-likeness (QED) is 0.470. The summed E-state index contributed by atoms with van der Waals surface area (Å²) in [5.74, 6) is -1.11. The van der Waals surface area contributed by atoms with Crippen molar-refractivity contribution >= 4 is 40.8 Å². The summed E-state index contributed by atoms with van der Waals surface area (Å²) < 4.78 is 15.5. The van der Waals surface area contributed by atoms with Crippen molar-refractivity contribution in [1.82, 2.24) is 16.0 Å². The molecule has 9 heteroatoms. The zero-order valence-corrected chi connectivity index (χ0v) is 22.8. The molecule has 1 spiro atoms. The van der Waals surface area contributed by atoms with Gasteiger partial charge in [0.2, 0.25) is 5.91 Å². The van der Waals surface area contributed by atoms with E-state index in [0.29, 0.717) is 34.8 Å². The molecule has 2 aromatic carbocycles. The van der Waals surface area contributed by atoms with Crippen molar-refractivity contribution in [3.63, 3.8) is 0 Å². The first-order valence-electron chi connectivity index (χ1n) is 12.9. The molecule has 0 radical (unpaired) electrons. The normalized spacial score (nSPS) is 26.1. The summed E-state index contributed by atoms with van der Waals surface area (Å²) in [4.78, 5) is 29.6. The van der Waals surface area contributed by atoms with Gasteiger partial charge in [-0.3, -0.25) is 4.79 Å². The number of urea groups is 1. The van der Waals surface area contributed by atoms with E-state index in [1.54, 1.807) is 24.3 Å². The van der Waals surface area contributed by atoms with E-state index in [-0.39, 0.29) is 28.3 Å². The van der Waals surface area contributed by atoms with Crippen molar-refractivity contribution in [2.45, 2.75) is 57.5 Å². The van der Waals surface area contributed by atoms with Gasteiger partial charge in [-0.25, -0.2) is 14.1 Å². The fourth-order valence-corrected chi connectivity index (χ4v) is 6.77. The fourth-order valence-electron chi connectivity index (χ4n) is 6.42. The molecule has 37 heavy (non-hydrogen) atoms. The van der Waals surface area contributed by atoms with Gasteiger partial charge in [-0.15, -0.1) is 0 Å². The van der Waals surface area contributed by atoms with Crippen LogP contribution in [0.5, 0.6) is 0 Å². The topological polar surface area (TPSA) is 73.5 Å². The molecule has 3 aliphatic rings. The number of fused-ring (bicyclic) bond motifs is 2. The number of nitrogens with one attached hydrogen (secondary N) is 3. The molecule has 0 unspecified atom stereocenters. The van der Waals surface area contributed by atoms with Gasteiger partial charge in [-0.05, 0) is 67.4 Å². The van der Waals surface area contributed by atoms with Crippen LogP contribution >= 0.6 is 23.2 Å². The summed E-state index contributed by atoms with van der Waals surface area (Å²) in [6.45, 7) is 8.47. The molecule has 2 aromatic rings. The number of halogens is 3. The van der Waals surface area contributed by atoms with E-state index in [1.165, 1.54) is 11.0 Å². The van der Waals surface area contributed by atoms with Gasteiger partial charge in [-0.1, -0.05) is 62.2 Å². The van der Waals surface area contributed by atoms with Crippen molar-refractivity contribution in [3.8, 4) is 0 Å². The Morgan fingerprint density at radius 2 is 1.92 bits per heavy atom. The van der Waals surface area contributed by atoms with Crippen molar-refractivity contribution < 1.29 is 14.0 Å². The van der Waals surface area contributed by atoms with Crippen LogP contribution in [-0.2, 0) is 10.2 Å². The highest BCUT2D eigenvalue weighted by molar-refractivity contribution is 6.32. The average Bonchev–Trinajstić information content (AvgIpc) is 3.31. The average molecular weight is 548 g/mol. The van der Waals surface area contributed by atoms with Crippen LogP contribution < -0.4 is 20.9 Å². The van der Waals surface area contributed by atoms with Crippen LogP contribution in [0, 0.1) is 17.2 Å².